The number of halogens is 4. The fourth-order valence-corrected chi connectivity index (χ4v) is 4.56. The van der Waals surface area contributed by atoms with E-state index in [2.05, 4.69) is 9.71 Å². The van der Waals surface area contributed by atoms with Crippen molar-refractivity contribution in [3.05, 3.63) is 101 Å². The lowest BCUT2D eigenvalue weighted by Crippen LogP contribution is -2.29. The van der Waals surface area contributed by atoms with Gasteiger partial charge < -0.3 is 5.32 Å². The topological polar surface area (TPSA) is 74.1 Å². The zero-order chi connectivity index (χ0) is 25.1. The number of rotatable bonds is 7. The van der Waals surface area contributed by atoms with Crippen molar-refractivity contribution < 1.29 is 21.6 Å². The van der Waals surface area contributed by atoms with Gasteiger partial charge in [0.05, 0.1) is 22.7 Å². The molecule has 0 aliphatic carbocycles. The summed E-state index contributed by atoms with van der Waals surface area (Å²) < 4.78 is 66.2. The summed E-state index contributed by atoms with van der Waals surface area (Å²) in [7, 11) is -4.16. The molecule has 0 radical (unpaired) electrons. The summed E-state index contributed by atoms with van der Waals surface area (Å²) in [5, 5.41) is 9.85. The van der Waals surface area contributed by atoms with Crippen molar-refractivity contribution in [1.82, 2.24) is 10.3 Å². The van der Waals surface area contributed by atoms with Crippen molar-refractivity contribution in [2.45, 2.75) is 17.0 Å². The molecule has 6 nitrogen and oxygen atoms in total. The van der Waals surface area contributed by atoms with E-state index in [4.69, 9.17) is 16.7 Å². The van der Waals surface area contributed by atoms with Crippen LogP contribution in [0.4, 0.5) is 13.2 Å². The van der Waals surface area contributed by atoms with Gasteiger partial charge in [-0.05, 0) is 47.5 Å². The molecule has 11 heteroatoms. The van der Waals surface area contributed by atoms with Crippen LogP contribution >= 0.6 is 11.6 Å². The molecule has 0 saturated heterocycles. The molecule has 0 bridgehead atoms. The van der Waals surface area contributed by atoms with Gasteiger partial charge in [-0.15, -0.1) is 4.40 Å². The van der Waals surface area contributed by atoms with Crippen LogP contribution in [0.1, 0.15) is 22.6 Å². The number of hydrogen-bond acceptors (Lipinski definition) is 4. The van der Waals surface area contributed by atoms with E-state index >= 15 is 0 Å². The van der Waals surface area contributed by atoms with Crippen LogP contribution in [0.2, 0.25) is 5.02 Å². The van der Waals surface area contributed by atoms with Gasteiger partial charge in [-0.25, -0.2) is 0 Å². The van der Waals surface area contributed by atoms with Gasteiger partial charge in [-0.1, -0.05) is 54.1 Å². The average Bonchev–Trinajstić information content (AvgIpc) is 3.27. The molecule has 182 valence electrons. The molecule has 1 heterocycles. The van der Waals surface area contributed by atoms with E-state index < -0.39 is 21.8 Å². The second-order valence-corrected chi connectivity index (χ2v) is 9.81. The Morgan fingerprint density at radius 2 is 1.69 bits per heavy atom. The quantitative estimate of drug-likeness (QED) is 0.346. The maximum Gasteiger partial charge on any atom is 0.416 e. The lowest BCUT2D eigenvalue weighted by atomic mass is 9.91. The van der Waals surface area contributed by atoms with Gasteiger partial charge in [0, 0.05) is 10.9 Å². The Labute approximate surface area is 205 Å². The van der Waals surface area contributed by atoms with Gasteiger partial charge in [0.2, 0.25) is 0 Å². The second-order valence-electron chi connectivity index (χ2n) is 7.74. The van der Waals surface area contributed by atoms with Gasteiger partial charge in [0.1, 0.15) is 13.0 Å². The highest BCUT2D eigenvalue weighted by atomic mass is 35.5. The first-order chi connectivity index (χ1) is 16.6. The third-order valence-electron chi connectivity index (χ3n) is 5.35. The first-order valence-electron chi connectivity index (χ1n) is 10.5. The van der Waals surface area contributed by atoms with Crippen LogP contribution in [0.5, 0.6) is 0 Å². The Bertz CT molecular complexity index is 1330. The standard InChI is InChI=1S/C24H20ClF3N4O2S/c25-20-10-6-18(7-11-20)23-22(17-4-2-1-3-5-17)14-32(31-23)16-29-15-30-35(33,34)21-12-8-19(9-13-21)24(26,27)28/h1-13,15,22H,14,16H2,(H,29,30). The van der Waals surface area contributed by atoms with E-state index in [-0.39, 0.29) is 17.5 Å². The van der Waals surface area contributed by atoms with Crippen molar-refractivity contribution in [3.8, 4) is 0 Å². The van der Waals surface area contributed by atoms with Gasteiger partial charge in [0.15, 0.2) is 0 Å². The predicted octanol–water partition coefficient (Wildman–Crippen LogP) is 5.13. The SMILES string of the molecule is O=S(=O)(/N=C/NCN1CC(c2ccccc2)C(c2ccc(Cl)cc2)=N1)c1ccc(C(F)(F)F)cc1. The smallest absolute Gasteiger partial charge is 0.357 e. The van der Waals surface area contributed by atoms with Crippen molar-refractivity contribution >= 4 is 33.7 Å². The first-order valence-corrected chi connectivity index (χ1v) is 12.3. The number of sulfonamides is 1. The minimum absolute atomic E-state index is 0.00741. The average molecular weight is 521 g/mol. The van der Waals surface area contributed by atoms with Gasteiger partial charge in [0.25, 0.3) is 10.0 Å². The summed E-state index contributed by atoms with van der Waals surface area (Å²) in [5.41, 5.74) is 1.92. The lowest BCUT2D eigenvalue weighted by molar-refractivity contribution is -0.137. The maximum atomic E-state index is 12.7. The lowest BCUT2D eigenvalue weighted by Gasteiger charge is -2.16. The number of alkyl halides is 3. The molecular formula is C24H20ClF3N4O2S. The minimum atomic E-state index is -4.55. The van der Waals surface area contributed by atoms with E-state index in [0.717, 1.165) is 35.3 Å². The van der Waals surface area contributed by atoms with E-state index in [1.165, 1.54) is 0 Å². The predicted molar refractivity (Wildman–Crippen MR) is 129 cm³/mol. The van der Waals surface area contributed by atoms with Crippen molar-refractivity contribution in [3.63, 3.8) is 0 Å². The molecule has 1 N–H and O–H groups in total. The number of nitrogens with one attached hydrogen (secondary N) is 1. The Kier molecular flexibility index (Phi) is 7.13. The number of hydrazone groups is 1. The fraction of sp³-hybridized carbons (Fsp3) is 0.167. The molecule has 35 heavy (non-hydrogen) atoms. The molecule has 1 atom stereocenters. The fourth-order valence-electron chi connectivity index (χ4n) is 3.62. The van der Waals surface area contributed by atoms with Gasteiger partial charge in [-0.3, -0.25) is 5.01 Å². The van der Waals surface area contributed by atoms with Gasteiger partial charge in [-0.2, -0.15) is 26.7 Å². The second kappa shape index (κ2) is 10.1. The van der Waals surface area contributed by atoms with Crippen LogP contribution in [0, 0.1) is 0 Å². The minimum Gasteiger partial charge on any atom is -0.357 e. The largest absolute Gasteiger partial charge is 0.416 e. The summed E-state index contributed by atoms with van der Waals surface area (Å²) in [6.45, 7) is 0.723. The van der Waals surface area contributed by atoms with Crippen LogP contribution in [0.3, 0.4) is 0 Å². The molecular weight excluding hydrogens is 501 g/mol. The normalized spacial score (nSPS) is 16.5. The van der Waals surface area contributed by atoms with Crippen molar-refractivity contribution in [2.24, 2.45) is 9.50 Å². The highest BCUT2D eigenvalue weighted by molar-refractivity contribution is 7.90. The molecule has 3 aromatic rings. The molecule has 1 aliphatic rings. The summed E-state index contributed by atoms with van der Waals surface area (Å²) in [5.74, 6) is -0.00741. The zero-order valence-corrected chi connectivity index (χ0v) is 19.7. The molecule has 0 fully saturated rings. The zero-order valence-electron chi connectivity index (χ0n) is 18.2. The molecule has 0 saturated carbocycles. The Morgan fingerprint density at radius 3 is 2.31 bits per heavy atom. The molecule has 1 unspecified atom stereocenters. The summed E-state index contributed by atoms with van der Waals surface area (Å²) >= 11 is 6.02. The van der Waals surface area contributed by atoms with Crippen molar-refractivity contribution in [2.75, 3.05) is 13.2 Å². The highest BCUT2D eigenvalue weighted by Crippen LogP contribution is 2.30. The summed E-state index contributed by atoms with van der Waals surface area (Å²) in [6, 6.07) is 20.4. The van der Waals surface area contributed by atoms with Crippen LogP contribution in [-0.4, -0.2) is 38.7 Å². The summed E-state index contributed by atoms with van der Waals surface area (Å²) in [6.07, 6.45) is -3.55. The molecule has 0 amide bonds. The number of benzene rings is 3. The monoisotopic (exact) mass is 520 g/mol. The van der Waals surface area contributed by atoms with E-state index in [1.54, 1.807) is 17.1 Å². The third kappa shape index (κ3) is 6.01. The van der Waals surface area contributed by atoms with Crippen LogP contribution in [0.15, 0.2) is 93.3 Å². The molecule has 0 spiro atoms. The van der Waals surface area contributed by atoms with Crippen LogP contribution < -0.4 is 5.32 Å². The Balaban J connectivity index is 1.45. The highest BCUT2D eigenvalue weighted by Gasteiger charge is 2.31. The molecule has 0 aromatic heterocycles. The Hall–Kier alpha value is -3.37. The van der Waals surface area contributed by atoms with Crippen LogP contribution in [0.25, 0.3) is 0 Å². The van der Waals surface area contributed by atoms with E-state index in [9.17, 15) is 21.6 Å². The number of hydrogen-bond donors (Lipinski definition) is 1. The summed E-state index contributed by atoms with van der Waals surface area (Å²) in [4.78, 5) is -0.336. The molecule has 1 aliphatic heterocycles. The molecule has 3 aromatic carbocycles. The third-order valence-corrected chi connectivity index (χ3v) is 6.85. The Morgan fingerprint density at radius 1 is 1.03 bits per heavy atom. The number of nitrogens with zero attached hydrogens (tertiary/aromatic N) is 3. The van der Waals surface area contributed by atoms with E-state index in [1.807, 2.05) is 42.5 Å². The van der Waals surface area contributed by atoms with Crippen molar-refractivity contribution in [1.29, 1.82) is 0 Å². The molecule has 4 rings (SSSR count). The van der Waals surface area contributed by atoms with Gasteiger partial charge >= 0.3 is 6.18 Å². The van der Waals surface area contributed by atoms with E-state index in [0.29, 0.717) is 23.7 Å². The first kappa shape index (κ1) is 24.7. The maximum absolute atomic E-state index is 12.7. The van der Waals surface area contributed by atoms with Crippen LogP contribution in [-0.2, 0) is 16.2 Å².